The quantitative estimate of drug-likeness (QED) is 0.402. The molecule has 1 amide bonds. The summed E-state index contributed by atoms with van der Waals surface area (Å²) < 4.78 is 31.1. The number of benzene rings is 1. The van der Waals surface area contributed by atoms with Crippen LogP contribution < -0.4 is 5.32 Å². The van der Waals surface area contributed by atoms with E-state index in [0.29, 0.717) is 5.02 Å². The molecule has 12 nitrogen and oxygen atoms in total. The molecule has 2 atom stereocenters. The van der Waals surface area contributed by atoms with Crippen LogP contribution in [-0.4, -0.2) is 72.5 Å². The number of nitrogens with zero attached hydrogens (tertiary/aromatic N) is 2. The lowest BCUT2D eigenvalue weighted by molar-refractivity contribution is -0.147. The zero-order chi connectivity index (χ0) is 23.2. The first-order chi connectivity index (χ1) is 14.5. The second-order valence-corrected chi connectivity index (χ2v) is 8.86. The number of aliphatic carboxylic acids is 2. The number of sulfone groups is 1. The maximum absolute atomic E-state index is 12.9. The highest BCUT2D eigenvalue weighted by Gasteiger charge is 2.43. The first-order valence-corrected chi connectivity index (χ1v) is 10.8. The van der Waals surface area contributed by atoms with Crippen LogP contribution in [0.5, 0.6) is 0 Å². The smallest absolute Gasteiger partial charge is 0.326 e. The summed E-state index contributed by atoms with van der Waals surface area (Å²) in [5.41, 5.74) is 0. The summed E-state index contributed by atoms with van der Waals surface area (Å²) in [6, 6.07) is 3.97. The number of halogens is 1. The minimum absolute atomic E-state index is 0.0203. The van der Waals surface area contributed by atoms with Crippen LogP contribution in [0.15, 0.2) is 34.3 Å². The third-order valence-corrected chi connectivity index (χ3v) is 6.31. The highest BCUT2D eigenvalue weighted by molar-refractivity contribution is 7.92. The molecule has 1 unspecified atom stereocenters. The molecule has 1 aliphatic rings. The molecule has 3 N–H and O–H groups in total. The van der Waals surface area contributed by atoms with Crippen molar-refractivity contribution in [3.63, 3.8) is 0 Å². The van der Waals surface area contributed by atoms with Crippen LogP contribution in [0.3, 0.4) is 0 Å². The van der Waals surface area contributed by atoms with Crippen molar-refractivity contribution in [3.8, 4) is 0 Å². The maximum atomic E-state index is 12.9. The molecule has 0 radical (unpaired) electrons. The van der Waals surface area contributed by atoms with Gasteiger partial charge in [0.25, 0.3) is 5.90 Å². The zero-order valence-corrected chi connectivity index (χ0v) is 17.8. The fraction of sp³-hybridized carbons (Fsp3) is 0.412. The number of hydrogen-bond donors (Lipinski definition) is 3. The molecule has 14 heteroatoms. The Kier molecular flexibility index (Phi) is 8.19. The van der Waals surface area contributed by atoms with Crippen molar-refractivity contribution in [3.05, 3.63) is 29.3 Å². The SMILES string of the molecule is CN1ON=C(OCCCC(=O)N[C@@H](CC(=O)O)C(=O)O)C1S(=O)(=O)c1ccc(Cl)cc1. The Morgan fingerprint density at radius 3 is 2.52 bits per heavy atom. The Bertz CT molecular complexity index is 966. The Labute approximate surface area is 182 Å². The number of ether oxygens (including phenoxy) is 1. The Morgan fingerprint density at radius 2 is 1.94 bits per heavy atom. The number of oxime groups is 1. The van der Waals surface area contributed by atoms with Gasteiger partial charge in [-0.1, -0.05) is 16.7 Å². The molecular weight excluding hydrogens is 458 g/mol. The molecule has 1 aromatic rings. The fourth-order valence-electron chi connectivity index (χ4n) is 2.58. The predicted molar refractivity (Wildman–Crippen MR) is 106 cm³/mol. The number of carboxylic acid groups (broad SMARTS) is 2. The Hall–Kier alpha value is -2.90. The van der Waals surface area contributed by atoms with Crippen molar-refractivity contribution < 1.29 is 42.7 Å². The molecule has 1 heterocycles. The molecule has 1 aromatic carbocycles. The largest absolute Gasteiger partial charge is 0.481 e. The van der Waals surface area contributed by atoms with Gasteiger partial charge in [-0.15, -0.1) is 0 Å². The molecule has 170 valence electrons. The van der Waals surface area contributed by atoms with Crippen molar-refractivity contribution in [1.82, 2.24) is 10.4 Å². The average molecular weight is 478 g/mol. The van der Waals surface area contributed by atoms with Gasteiger partial charge < -0.3 is 20.3 Å². The van der Waals surface area contributed by atoms with Crippen molar-refractivity contribution in [2.45, 2.75) is 35.6 Å². The minimum atomic E-state index is -3.96. The van der Waals surface area contributed by atoms with E-state index in [1.807, 2.05) is 0 Å². The van der Waals surface area contributed by atoms with E-state index in [9.17, 15) is 22.8 Å². The number of amides is 1. The molecule has 0 aliphatic carbocycles. The van der Waals surface area contributed by atoms with Gasteiger partial charge in [0.1, 0.15) is 6.04 Å². The molecule has 0 aromatic heterocycles. The summed E-state index contributed by atoms with van der Waals surface area (Å²) in [5, 5.41) is 23.3. The van der Waals surface area contributed by atoms with E-state index in [4.69, 9.17) is 31.5 Å². The first-order valence-electron chi connectivity index (χ1n) is 8.86. The second-order valence-electron chi connectivity index (χ2n) is 6.42. The van der Waals surface area contributed by atoms with Gasteiger partial charge in [-0.05, 0) is 35.8 Å². The number of likely N-dealkylation sites (N-methyl/N-ethyl adjacent to an activating group) is 1. The Morgan fingerprint density at radius 1 is 1.29 bits per heavy atom. The minimum Gasteiger partial charge on any atom is -0.481 e. The normalized spacial score (nSPS) is 17.4. The zero-order valence-electron chi connectivity index (χ0n) is 16.2. The van der Waals surface area contributed by atoms with E-state index in [-0.39, 0.29) is 30.2 Å². The topological polar surface area (TPSA) is 172 Å². The van der Waals surface area contributed by atoms with Gasteiger partial charge in [-0.3, -0.25) is 14.5 Å². The predicted octanol–water partition coefficient (Wildman–Crippen LogP) is 0.471. The van der Waals surface area contributed by atoms with Crippen LogP contribution in [0.4, 0.5) is 0 Å². The molecule has 31 heavy (non-hydrogen) atoms. The van der Waals surface area contributed by atoms with Gasteiger partial charge in [0.15, 0.2) is 0 Å². The average Bonchev–Trinajstić information content (AvgIpc) is 3.06. The number of hydroxylamine groups is 2. The van der Waals surface area contributed by atoms with Crippen LogP contribution in [0.2, 0.25) is 5.02 Å². The van der Waals surface area contributed by atoms with Gasteiger partial charge in [0.05, 0.1) is 17.9 Å². The third kappa shape index (κ3) is 6.54. The molecule has 0 spiro atoms. The fourth-order valence-corrected chi connectivity index (χ4v) is 4.28. The van der Waals surface area contributed by atoms with E-state index in [2.05, 4.69) is 10.5 Å². The van der Waals surface area contributed by atoms with Crippen molar-refractivity contribution in [1.29, 1.82) is 0 Å². The molecule has 0 bridgehead atoms. The van der Waals surface area contributed by atoms with E-state index >= 15 is 0 Å². The number of carboxylic acids is 2. The summed E-state index contributed by atoms with van der Waals surface area (Å²) >= 11 is 5.79. The van der Waals surface area contributed by atoms with E-state index in [0.717, 1.165) is 5.06 Å². The van der Waals surface area contributed by atoms with Gasteiger partial charge in [0.2, 0.25) is 21.1 Å². The van der Waals surface area contributed by atoms with E-state index < -0.39 is 45.5 Å². The Balaban J connectivity index is 1.91. The van der Waals surface area contributed by atoms with Crippen LogP contribution in [-0.2, 0) is 33.9 Å². The molecule has 0 fully saturated rings. The number of hydrogen-bond acceptors (Lipinski definition) is 9. The molecule has 2 rings (SSSR count). The third-order valence-electron chi connectivity index (χ3n) is 4.05. The van der Waals surface area contributed by atoms with Crippen molar-refractivity contribution in [2.24, 2.45) is 5.16 Å². The first kappa shape index (κ1) is 24.4. The number of nitrogens with one attached hydrogen (secondary N) is 1. The van der Waals surface area contributed by atoms with E-state index in [1.54, 1.807) is 0 Å². The van der Waals surface area contributed by atoms with Crippen molar-refractivity contribution in [2.75, 3.05) is 13.7 Å². The summed E-state index contributed by atoms with van der Waals surface area (Å²) in [5.74, 6) is -3.76. The highest BCUT2D eigenvalue weighted by atomic mass is 35.5. The number of rotatable bonds is 10. The molecule has 1 aliphatic heterocycles. The van der Waals surface area contributed by atoms with Crippen LogP contribution in [0.25, 0.3) is 0 Å². The lowest BCUT2D eigenvalue weighted by Gasteiger charge is -2.18. The second kappa shape index (κ2) is 10.4. The summed E-state index contributed by atoms with van der Waals surface area (Å²) in [4.78, 5) is 38.3. The van der Waals surface area contributed by atoms with Crippen LogP contribution in [0.1, 0.15) is 19.3 Å². The highest BCUT2D eigenvalue weighted by Crippen LogP contribution is 2.25. The summed E-state index contributed by atoms with van der Waals surface area (Å²) in [6.45, 7) is -0.118. The monoisotopic (exact) mass is 477 g/mol. The molecular formula is C17H20ClN3O9S. The van der Waals surface area contributed by atoms with E-state index in [1.165, 1.54) is 31.3 Å². The lowest BCUT2D eigenvalue weighted by atomic mass is 10.2. The number of carbonyl (C=O) groups is 3. The van der Waals surface area contributed by atoms with Gasteiger partial charge in [-0.2, -0.15) is 0 Å². The van der Waals surface area contributed by atoms with Crippen LogP contribution >= 0.6 is 11.6 Å². The van der Waals surface area contributed by atoms with Gasteiger partial charge >= 0.3 is 11.9 Å². The molecule has 0 saturated heterocycles. The van der Waals surface area contributed by atoms with Crippen LogP contribution in [0, 0.1) is 0 Å². The lowest BCUT2D eigenvalue weighted by Crippen LogP contribution is -2.42. The number of carbonyl (C=O) groups excluding carboxylic acids is 1. The standard InChI is InChI=1S/C17H20ClN3O9S/c1-21-16(31(27,28)11-6-4-10(18)5-7-11)15(20-30-21)29-8-2-3-13(22)19-12(17(25)26)9-14(23)24/h4-7,12,16H,2-3,8-9H2,1H3,(H,19,22)(H,23,24)(H,25,26)/t12-,16?/m0/s1. The summed E-state index contributed by atoms with van der Waals surface area (Å²) in [6.07, 6.45) is -0.855. The van der Waals surface area contributed by atoms with Gasteiger partial charge in [0, 0.05) is 18.5 Å². The summed E-state index contributed by atoms with van der Waals surface area (Å²) in [7, 11) is -2.60. The molecule has 0 saturated carbocycles. The maximum Gasteiger partial charge on any atom is 0.326 e. The van der Waals surface area contributed by atoms with Crippen molar-refractivity contribution >= 4 is 45.2 Å². The van der Waals surface area contributed by atoms with Gasteiger partial charge in [-0.25, -0.2) is 13.2 Å².